The summed E-state index contributed by atoms with van der Waals surface area (Å²) in [6.45, 7) is 10.4. The van der Waals surface area contributed by atoms with Gasteiger partial charge in [0, 0.05) is 25.2 Å². The lowest BCUT2D eigenvalue weighted by Gasteiger charge is -2.30. The summed E-state index contributed by atoms with van der Waals surface area (Å²) in [4.78, 5) is 17.3. The normalized spacial score (nSPS) is 12.2. The number of rotatable bonds is 5. The number of nitrogens with one attached hydrogen (secondary N) is 1. The van der Waals surface area contributed by atoms with Crippen molar-refractivity contribution >= 4 is 11.0 Å². The standard InChI is InChI=1S/C15H23N3O/c1-11(2)17(12(3)4)9-10-18-14-8-6-5-7-13(14)16-15(18)19/h5-8,11-12H,9-10H2,1-4H3,(H,16,19). The second-order valence-corrected chi connectivity index (χ2v) is 5.52. The van der Waals surface area contributed by atoms with Crippen molar-refractivity contribution in [2.75, 3.05) is 6.54 Å². The Bertz CT molecular complexity index is 587. The molecule has 104 valence electrons. The molecule has 0 saturated carbocycles. The van der Waals surface area contributed by atoms with Crippen molar-refractivity contribution in [2.24, 2.45) is 0 Å². The summed E-state index contributed by atoms with van der Waals surface area (Å²) in [6, 6.07) is 8.81. The number of aromatic nitrogens is 2. The summed E-state index contributed by atoms with van der Waals surface area (Å²) < 4.78 is 1.83. The smallest absolute Gasteiger partial charge is 0.306 e. The van der Waals surface area contributed by atoms with Gasteiger partial charge in [-0.2, -0.15) is 0 Å². The number of hydrogen-bond acceptors (Lipinski definition) is 2. The molecule has 4 nitrogen and oxygen atoms in total. The van der Waals surface area contributed by atoms with Gasteiger partial charge in [-0.3, -0.25) is 9.47 Å². The van der Waals surface area contributed by atoms with Crippen LogP contribution in [0.4, 0.5) is 0 Å². The highest BCUT2D eigenvalue weighted by Gasteiger charge is 2.14. The molecule has 2 aromatic rings. The van der Waals surface area contributed by atoms with Gasteiger partial charge in [-0.15, -0.1) is 0 Å². The maximum Gasteiger partial charge on any atom is 0.326 e. The molecule has 1 aromatic heterocycles. The number of hydrogen-bond donors (Lipinski definition) is 1. The fourth-order valence-electron chi connectivity index (χ4n) is 2.66. The Kier molecular flexibility index (Phi) is 4.10. The number of aromatic amines is 1. The first-order valence-electron chi connectivity index (χ1n) is 6.94. The zero-order valence-electron chi connectivity index (χ0n) is 12.2. The second-order valence-electron chi connectivity index (χ2n) is 5.52. The van der Waals surface area contributed by atoms with Gasteiger partial charge in [0.1, 0.15) is 0 Å². The monoisotopic (exact) mass is 261 g/mol. The van der Waals surface area contributed by atoms with Crippen LogP contribution in [0.5, 0.6) is 0 Å². The average Bonchev–Trinajstić information content (AvgIpc) is 2.65. The molecule has 4 heteroatoms. The molecule has 1 aromatic carbocycles. The number of H-pyrrole nitrogens is 1. The first-order valence-corrected chi connectivity index (χ1v) is 6.94. The minimum atomic E-state index is -0.0198. The van der Waals surface area contributed by atoms with E-state index in [1.54, 1.807) is 0 Å². The minimum Gasteiger partial charge on any atom is -0.306 e. The SMILES string of the molecule is CC(C)N(CCn1c(=O)[nH]c2ccccc21)C(C)C. The lowest BCUT2D eigenvalue weighted by Crippen LogP contribution is -2.40. The molecule has 0 amide bonds. The number of fused-ring (bicyclic) bond motifs is 1. The highest BCUT2D eigenvalue weighted by Crippen LogP contribution is 2.10. The molecule has 0 aliphatic rings. The molecule has 1 N–H and O–H groups in total. The first kappa shape index (κ1) is 13.9. The third-order valence-electron chi connectivity index (χ3n) is 3.59. The van der Waals surface area contributed by atoms with Crippen molar-refractivity contribution in [3.63, 3.8) is 0 Å². The molecule has 0 saturated heterocycles. The van der Waals surface area contributed by atoms with Crippen LogP contribution in [0, 0.1) is 0 Å². The van der Waals surface area contributed by atoms with E-state index >= 15 is 0 Å². The predicted molar refractivity (Wildman–Crippen MR) is 79.5 cm³/mol. The molecule has 0 atom stereocenters. The summed E-state index contributed by atoms with van der Waals surface area (Å²) >= 11 is 0. The van der Waals surface area contributed by atoms with E-state index < -0.39 is 0 Å². The number of imidazole rings is 1. The van der Waals surface area contributed by atoms with Crippen molar-refractivity contribution in [1.82, 2.24) is 14.5 Å². The van der Waals surface area contributed by atoms with Crippen molar-refractivity contribution in [3.8, 4) is 0 Å². The Labute approximate surface area is 114 Å². The maximum atomic E-state index is 12.0. The third kappa shape index (κ3) is 2.89. The molecule has 0 bridgehead atoms. The Balaban J connectivity index is 2.22. The van der Waals surface area contributed by atoms with Crippen LogP contribution in [0.3, 0.4) is 0 Å². The maximum absolute atomic E-state index is 12.0. The molecule has 19 heavy (non-hydrogen) atoms. The first-order chi connectivity index (χ1) is 9.00. The highest BCUT2D eigenvalue weighted by atomic mass is 16.1. The predicted octanol–water partition coefficient (Wildman–Crippen LogP) is 2.45. The molecule has 0 unspecified atom stereocenters. The van der Waals surface area contributed by atoms with Crippen LogP contribution < -0.4 is 5.69 Å². The van der Waals surface area contributed by atoms with Gasteiger partial charge in [-0.05, 0) is 39.8 Å². The zero-order chi connectivity index (χ0) is 14.0. The zero-order valence-corrected chi connectivity index (χ0v) is 12.2. The number of para-hydroxylation sites is 2. The van der Waals surface area contributed by atoms with E-state index in [1.807, 2.05) is 28.8 Å². The summed E-state index contributed by atoms with van der Waals surface area (Å²) in [5.74, 6) is 0. The summed E-state index contributed by atoms with van der Waals surface area (Å²) in [7, 11) is 0. The van der Waals surface area contributed by atoms with Crippen molar-refractivity contribution in [1.29, 1.82) is 0 Å². The summed E-state index contributed by atoms with van der Waals surface area (Å²) in [6.07, 6.45) is 0. The van der Waals surface area contributed by atoms with Crippen LogP contribution in [0.1, 0.15) is 27.7 Å². The van der Waals surface area contributed by atoms with E-state index in [0.29, 0.717) is 12.1 Å². The van der Waals surface area contributed by atoms with Crippen LogP contribution in [-0.2, 0) is 6.54 Å². The third-order valence-corrected chi connectivity index (χ3v) is 3.59. The van der Waals surface area contributed by atoms with Gasteiger partial charge in [0.15, 0.2) is 0 Å². The van der Waals surface area contributed by atoms with E-state index in [-0.39, 0.29) is 5.69 Å². The number of benzene rings is 1. The fourth-order valence-corrected chi connectivity index (χ4v) is 2.66. The van der Waals surface area contributed by atoms with Crippen molar-refractivity contribution in [2.45, 2.75) is 46.3 Å². The van der Waals surface area contributed by atoms with E-state index in [0.717, 1.165) is 24.1 Å². The van der Waals surface area contributed by atoms with Crippen LogP contribution in [0.15, 0.2) is 29.1 Å². The topological polar surface area (TPSA) is 41.0 Å². The molecular formula is C15H23N3O. The quantitative estimate of drug-likeness (QED) is 0.898. The molecule has 0 radical (unpaired) electrons. The highest BCUT2D eigenvalue weighted by molar-refractivity contribution is 5.74. The second kappa shape index (κ2) is 5.61. The van der Waals surface area contributed by atoms with E-state index in [2.05, 4.69) is 37.6 Å². The van der Waals surface area contributed by atoms with Gasteiger partial charge < -0.3 is 4.98 Å². The van der Waals surface area contributed by atoms with Gasteiger partial charge in [-0.1, -0.05) is 12.1 Å². The largest absolute Gasteiger partial charge is 0.326 e. The minimum absolute atomic E-state index is 0.0198. The summed E-state index contributed by atoms with van der Waals surface area (Å²) in [5.41, 5.74) is 1.88. The molecule has 1 heterocycles. The molecular weight excluding hydrogens is 238 g/mol. The van der Waals surface area contributed by atoms with E-state index in [9.17, 15) is 4.79 Å². The molecule has 0 aliphatic heterocycles. The van der Waals surface area contributed by atoms with Gasteiger partial charge in [0.2, 0.25) is 0 Å². The Hall–Kier alpha value is -1.55. The van der Waals surface area contributed by atoms with Crippen LogP contribution in [-0.4, -0.2) is 33.1 Å². The molecule has 0 aliphatic carbocycles. The average molecular weight is 261 g/mol. The van der Waals surface area contributed by atoms with Gasteiger partial charge in [0.05, 0.1) is 11.0 Å². The lowest BCUT2D eigenvalue weighted by atomic mass is 10.2. The molecule has 0 spiro atoms. The van der Waals surface area contributed by atoms with Gasteiger partial charge in [-0.25, -0.2) is 4.79 Å². The van der Waals surface area contributed by atoms with E-state index in [4.69, 9.17) is 0 Å². The van der Waals surface area contributed by atoms with Crippen LogP contribution >= 0.6 is 0 Å². The van der Waals surface area contributed by atoms with Crippen molar-refractivity contribution in [3.05, 3.63) is 34.7 Å². The summed E-state index contributed by atoms with van der Waals surface area (Å²) in [5, 5.41) is 0. The molecule has 0 fully saturated rings. The Morgan fingerprint density at radius 2 is 1.79 bits per heavy atom. The molecule has 2 rings (SSSR count). The Morgan fingerprint density at radius 1 is 1.16 bits per heavy atom. The van der Waals surface area contributed by atoms with Gasteiger partial charge in [0.25, 0.3) is 0 Å². The lowest BCUT2D eigenvalue weighted by molar-refractivity contribution is 0.168. The van der Waals surface area contributed by atoms with Crippen LogP contribution in [0.25, 0.3) is 11.0 Å². The number of nitrogens with zero attached hydrogens (tertiary/aromatic N) is 2. The Morgan fingerprint density at radius 3 is 2.42 bits per heavy atom. The van der Waals surface area contributed by atoms with Crippen LogP contribution in [0.2, 0.25) is 0 Å². The van der Waals surface area contributed by atoms with E-state index in [1.165, 1.54) is 0 Å². The van der Waals surface area contributed by atoms with Gasteiger partial charge >= 0.3 is 5.69 Å². The van der Waals surface area contributed by atoms with Crippen molar-refractivity contribution < 1.29 is 0 Å². The fraction of sp³-hybridized carbons (Fsp3) is 0.533.